The number of amides is 3. The molecule has 38 heavy (non-hydrogen) atoms. The predicted molar refractivity (Wildman–Crippen MR) is 143 cm³/mol. The number of fused-ring (bicyclic) bond motifs is 1. The standard InChI is InChI=1S/C28H40N6O4/c1-20-7-8-23-24(19-20)38-18-6-14-30-27(37)28(10-4-5-13-29-26(23)36)11-16-33(17-12-28)25(35)9-15-34-22(3)31-21(2)32-34/h7-8,19H,4-6,9-18H2,1-3H3,(H,29,36)(H,30,37). The Labute approximate surface area is 224 Å². The Morgan fingerprint density at radius 3 is 2.53 bits per heavy atom. The lowest BCUT2D eigenvalue weighted by atomic mass is 9.73. The van der Waals surface area contributed by atoms with E-state index in [0.29, 0.717) is 82.2 Å². The number of carbonyl (C=O) groups is 3. The molecule has 10 nitrogen and oxygen atoms in total. The van der Waals surface area contributed by atoms with Gasteiger partial charge in [0.05, 0.1) is 24.1 Å². The van der Waals surface area contributed by atoms with Crippen molar-refractivity contribution in [1.29, 1.82) is 0 Å². The van der Waals surface area contributed by atoms with Crippen LogP contribution in [0, 0.1) is 26.2 Å². The quantitative estimate of drug-likeness (QED) is 0.637. The molecular weight excluding hydrogens is 484 g/mol. The van der Waals surface area contributed by atoms with Crippen LogP contribution in [-0.2, 0) is 16.1 Å². The molecule has 2 N–H and O–H groups in total. The molecule has 2 aromatic rings. The van der Waals surface area contributed by atoms with Gasteiger partial charge in [-0.15, -0.1) is 0 Å². The maximum Gasteiger partial charge on any atom is 0.255 e. The van der Waals surface area contributed by atoms with Crippen molar-refractivity contribution in [2.24, 2.45) is 5.41 Å². The highest BCUT2D eigenvalue weighted by Gasteiger charge is 2.41. The minimum Gasteiger partial charge on any atom is -0.493 e. The molecule has 0 unspecified atom stereocenters. The number of nitrogens with zero attached hydrogens (tertiary/aromatic N) is 4. The number of ether oxygens (including phenoxy) is 1. The number of carbonyl (C=O) groups excluding carboxylic acids is 3. The first-order chi connectivity index (χ1) is 18.3. The molecule has 0 saturated carbocycles. The Bertz CT molecular complexity index is 1150. The molecule has 0 aliphatic carbocycles. The van der Waals surface area contributed by atoms with Gasteiger partial charge in [-0.2, -0.15) is 5.10 Å². The molecule has 3 heterocycles. The molecule has 10 heteroatoms. The van der Waals surface area contributed by atoms with Crippen LogP contribution in [0.25, 0.3) is 0 Å². The van der Waals surface area contributed by atoms with Crippen LogP contribution in [-0.4, -0.2) is 70.2 Å². The zero-order chi connectivity index (χ0) is 27.1. The fraction of sp³-hybridized carbons (Fsp3) is 0.607. The van der Waals surface area contributed by atoms with Crippen LogP contribution in [0.5, 0.6) is 5.75 Å². The topological polar surface area (TPSA) is 118 Å². The number of nitrogens with one attached hydrogen (secondary N) is 2. The molecule has 1 aromatic heterocycles. The normalized spacial score (nSPS) is 19.0. The Kier molecular flexibility index (Phi) is 9.01. The highest BCUT2D eigenvalue weighted by molar-refractivity contribution is 5.97. The molecule has 0 bridgehead atoms. The molecular formula is C28H40N6O4. The average Bonchev–Trinajstić information content (AvgIpc) is 3.22. The van der Waals surface area contributed by atoms with Gasteiger partial charge in [0.25, 0.3) is 5.91 Å². The Morgan fingerprint density at radius 1 is 1.03 bits per heavy atom. The number of hydrogen-bond acceptors (Lipinski definition) is 6. The Balaban J connectivity index is 1.34. The molecule has 2 aliphatic heterocycles. The van der Waals surface area contributed by atoms with Gasteiger partial charge in [-0.25, -0.2) is 9.67 Å². The van der Waals surface area contributed by atoms with Crippen molar-refractivity contribution in [2.45, 2.75) is 72.3 Å². The molecule has 1 spiro atoms. The minimum atomic E-state index is -0.499. The molecule has 2 aliphatic rings. The van der Waals surface area contributed by atoms with Crippen molar-refractivity contribution in [3.05, 3.63) is 41.0 Å². The molecule has 1 aromatic carbocycles. The van der Waals surface area contributed by atoms with Crippen LogP contribution >= 0.6 is 0 Å². The predicted octanol–water partition coefficient (Wildman–Crippen LogP) is 2.70. The van der Waals surface area contributed by atoms with Crippen LogP contribution in [0.1, 0.15) is 72.5 Å². The third-order valence-corrected chi connectivity index (χ3v) is 7.67. The number of aromatic nitrogens is 3. The lowest BCUT2D eigenvalue weighted by molar-refractivity contribution is -0.141. The monoisotopic (exact) mass is 524 g/mol. The van der Waals surface area contributed by atoms with Gasteiger partial charge >= 0.3 is 0 Å². The smallest absolute Gasteiger partial charge is 0.255 e. The number of rotatable bonds is 3. The summed E-state index contributed by atoms with van der Waals surface area (Å²) in [6, 6.07) is 5.59. The summed E-state index contributed by atoms with van der Waals surface area (Å²) in [6.45, 7) is 8.79. The first kappa shape index (κ1) is 27.6. The fourth-order valence-corrected chi connectivity index (χ4v) is 5.37. The van der Waals surface area contributed by atoms with Crippen LogP contribution in [0.3, 0.4) is 0 Å². The van der Waals surface area contributed by atoms with E-state index in [-0.39, 0.29) is 17.7 Å². The van der Waals surface area contributed by atoms with Crippen LogP contribution in [0.2, 0.25) is 0 Å². The highest BCUT2D eigenvalue weighted by Crippen LogP contribution is 2.37. The zero-order valence-corrected chi connectivity index (χ0v) is 22.8. The average molecular weight is 525 g/mol. The van der Waals surface area contributed by atoms with Gasteiger partial charge in [0.1, 0.15) is 17.4 Å². The maximum absolute atomic E-state index is 13.4. The summed E-state index contributed by atoms with van der Waals surface area (Å²) in [5.41, 5.74) is 1.07. The van der Waals surface area contributed by atoms with E-state index in [4.69, 9.17) is 4.74 Å². The second kappa shape index (κ2) is 12.4. The lowest BCUT2D eigenvalue weighted by Gasteiger charge is -2.41. The van der Waals surface area contributed by atoms with Crippen molar-refractivity contribution in [2.75, 3.05) is 32.8 Å². The van der Waals surface area contributed by atoms with Gasteiger partial charge in [0.15, 0.2) is 0 Å². The summed E-state index contributed by atoms with van der Waals surface area (Å²) < 4.78 is 7.70. The fourth-order valence-electron chi connectivity index (χ4n) is 5.37. The number of piperidine rings is 1. The van der Waals surface area contributed by atoms with E-state index < -0.39 is 5.41 Å². The van der Waals surface area contributed by atoms with Gasteiger partial charge in [-0.1, -0.05) is 12.5 Å². The van der Waals surface area contributed by atoms with Crippen molar-refractivity contribution in [3.8, 4) is 5.75 Å². The van der Waals surface area contributed by atoms with Gasteiger partial charge in [0.2, 0.25) is 11.8 Å². The number of likely N-dealkylation sites (tertiary alicyclic amines) is 1. The van der Waals surface area contributed by atoms with E-state index in [0.717, 1.165) is 30.7 Å². The third kappa shape index (κ3) is 6.71. The zero-order valence-electron chi connectivity index (χ0n) is 22.8. The number of benzene rings is 1. The van der Waals surface area contributed by atoms with Gasteiger partial charge < -0.3 is 20.3 Å². The number of aryl methyl sites for hydroxylation is 4. The van der Waals surface area contributed by atoms with E-state index in [1.165, 1.54) is 0 Å². The summed E-state index contributed by atoms with van der Waals surface area (Å²) in [5.74, 6) is 2.10. The van der Waals surface area contributed by atoms with E-state index in [9.17, 15) is 14.4 Å². The van der Waals surface area contributed by atoms with E-state index >= 15 is 0 Å². The van der Waals surface area contributed by atoms with Crippen LogP contribution in [0.4, 0.5) is 0 Å². The second-order valence-electron chi connectivity index (χ2n) is 10.5. The van der Waals surface area contributed by atoms with Crippen molar-refractivity contribution in [1.82, 2.24) is 30.3 Å². The van der Waals surface area contributed by atoms with Crippen LogP contribution < -0.4 is 15.4 Å². The summed E-state index contributed by atoms with van der Waals surface area (Å²) in [4.78, 5) is 45.2. The molecule has 1 saturated heterocycles. The molecule has 0 radical (unpaired) electrons. The summed E-state index contributed by atoms with van der Waals surface area (Å²) in [7, 11) is 0. The summed E-state index contributed by atoms with van der Waals surface area (Å²) in [6.07, 6.45) is 4.62. The van der Waals surface area contributed by atoms with Gasteiger partial charge in [-0.3, -0.25) is 14.4 Å². The summed E-state index contributed by atoms with van der Waals surface area (Å²) in [5, 5.41) is 10.5. The van der Waals surface area contributed by atoms with Crippen molar-refractivity contribution in [3.63, 3.8) is 0 Å². The molecule has 4 rings (SSSR count). The second-order valence-corrected chi connectivity index (χ2v) is 10.5. The van der Waals surface area contributed by atoms with Crippen molar-refractivity contribution >= 4 is 17.7 Å². The maximum atomic E-state index is 13.4. The van der Waals surface area contributed by atoms with Crippen LogP contribution in [0.15, 0.2) is 18.2 Å². The largest absolute Gasteiger partial charge is 0.493 e. The molecule has 3 amide bonds. The van der Waals surface area contributed by atoms with Crippen molar-refractivity contribution < 1.29 is 19.1 Å². The van der Waals surface area contributed by atoms with Gasteiger partial charge in [0, 0.05) is 32.6 Å². The Hall–Kier alpha value is -3.43. The van der Waals surface area contributed by atoms with Gasteiger partial charge in [-0.05, 0) is 70.6 Å². The van der Waals surface area contributed by atoms with E-state index in [2.05, 4.69) is 20.7 Å². The molecule has 0 atom stereocenters. The third-order valence-electron chi connectivity index (χ3n) is 7.67. The SMILES string of the molecule is Cc1ccc2c(c1)OCCCNC(=O)C1(CCCCNC2=O)CCN(C(=O)CCn2nc(C)nc2C)CC1. The molecule has 1 fully saturated rings. The first-order valence-corrected chi connectivity index (χ1v) is 13.7. The van der Waals surface area contributed by atoms with E-state index in [1.807, 2.05) is 37.8 Å². The summed E-state index contributed by atoms with van der Waals surface area (Å²) >= 11 is 0. The first-order valence-electron chi connectivity index (χ1n) is 13.7. The minimum absolute atomic E-state index is 0.0634. The van der Waals surface area contributed by atoms with E-state index in [1.54, 1.807) is 10.7 Å². The number of hydrogen-bond donors (Lipinski definition) is 2. The lowest BCUT2D eigenvalue weighted by Crippen LogP contribution is -2.50. The molecule has 206 valence electrons. The Morgan fingerprint density at radius 2 is 1.79 bits per heavy atom. The highest BCUT2D eigenvalue weighted by atomic mass is 16.5.